The lowest BCUT2D eigenvalue weighted by Crippen LogP contribution is -2.30. The maximum absolute atomic E-state index is 13.1. The maximum Gasteiger partial charge on any atom is 0.472 e. The molecule has 0 radical (unpaired) electrons. The second-order valence-electron chi connectivity index (χ2n) is 25.6. The number of carbonyl (C=O) groups is 4. The van der Waals surface area contributed by atoms with Gasteiger partial charge in [-0.15, -0.1) is 0 Å². The lowest BCUT2D eigenvalue weighted by molar-refractivity contribution is -0.161. The minimum Gasteiger partial charge on any atom is -0.462 e. The van der Waals surface area contributed by atoms with Crippen molar-refractivity contribution in [1.29, 1.82) is 0 Å². The summed E-state index contributed by atoms with van der Waals surface area (Å²) in [7, 11) is -9.94. The minimum atomic E-state index is -4.97. The van der Waals surface area contributed by atoms with Crippen molar-refractivity contribution in [3.8, 4) is 0 Å². The van der Waals surface area contributed by atoms with Crippen LogP contribution in [0.4, 0.5) is 0 Å². The van der Waals surface area contributed by atoms with Crippen molar-refractivity contribution in [1.82, 2.24) is 0 Å². The first-order chi connectivity index (χ1) is 46.7. The number of carbonyl (C=O) groups excluding carboxylic acids is 4. The molecule has 558 valence electrons. The number of rotatable bonds is 72. The molecule has 0 aromatic carbocycles. The molecule has 0 bridgehead atoms. The molecule has 0 heterocycles. The van der Waals surface area contributed by atoms with E-state index in [1.54, 1.807) is 0 Å². The molecule has 0 spiro atoms. The quantitative estimate of drug-likeness (QED) is 0.0169. The smallest absolute Gasteiger partial charge is 0.462 e. The van der Waals surface area contributed by atoms with Crippen LogP contribution in [0.1, 0.15) is 336 Å². The minimum absolute atomic E-state index is 0.0848. The highest BCUT2D eigenvalue weighted by molar-refractivity contribution is 7.47. The van der Waals surface area contributed by atoms with Gasteiger partial charge < -0.3 is 33.8 Å². The van der Waals surface area contributed by atoms with Crippen molar-refractivity contribution in [2.24, 2.45) is 0 Å². The molecule has 0 saturated carbocycles. The lowest BCUT2D eigenvalue weighted by Gasteiger charge is -2.21. The molecule has 0 aliphatic rings. The Labute approximate surface area is 583 Å². The number of esters is 4. The van der Waals surface area contributed by atoms with Crippen molar-refractivity contribution < 1.29 is 80.2 Å². The standard InChI is InChI=1S/C77H138O17P2/c1-5-9-13-17-21-25-29-32-35-38-42-45-49-53-57-61-74(79)87-67-72(93-76(81)63-59-55-51-47-41-28-24-20-16-12-8-4)69-91-95(83,84)89-65-71(78)66-90-96(85,86)92-70-73(94-77(82)64-60-56-52-48-44-40-37-34-31-27-23-19-15-11-7-3)68-88-75(80)62-58-54-50-46-43-39-36-33-30-26-22-18-14-10-6-2/h9,13,21-22,25-26,32-37,71-73,78H,5-8,10-12,14-20,23-24,27-31,38-70H2,1-4H3,(H,83,84)(H,85,86)/b13-9-,25-21-,26-22-,35-32-,36-33-,37-34-. The molecule has 0 fully saturated rings. The molecule has 0 amide bonds. The predicted octanol–water partition coefficient (Wildman–Crippen LogP) is 21.7. The number of hydrogen-bond donors (Lipinski definition) is 3. The van der Waals surface area contributed by atoms with Crippen molar-refractivity contribution in [2.75, 3.05) is 39.6 Å². The summed E-state index contributed by atoms with van der Waals surface area (Å²) in [4.78, 5) is 72.8. The van der Waals surface area contributed by atoms with E-state index in [0.29, 0.717) is 25.7 Å². The zero-order valence-corrected chi connectivity index (χ0v) is 62.6. The van der Waals surface area contributed by atoms with Gasteiger partial charge in [0.2, 0.25) is 0 Å². The monoisotopic (exact) mass is 1400 g/mol. The Hall–Kier alpha value is -3.50. The number of aliphatic hydroxyl groups excluding tert-OH is 1. The summed E-state index contributed by atoms with van der Waals surface area (Å²) in [5, 5.41) is 10.6. The van der Waals surface area contributed by atoms with E-state index in [4.69, 9.17) is 37.0 Å². The van der Waals surface area contributed by atoms with E-state index in [2.05, 4.69) is 101 Å². The zero-order chi connectivity index (χ0) is 70.4. The predicted molar refractivity (Wildman–Crippen MR) is 390 cm³/mol. The van der Waals surface area contributed by atoms with Crippen molar-refractivity contribution >= 4 is 39.5 Å². The molecule has 5 atom stereocenters. The summed E-state index contributed by atoms with van der Waals surface area (Å²) >= 11 is 0. The molecular formula is C77H138O17P2. The molecule has 0 aliphatic carbocycles. The van der Waals surface area contributed by atoms with Crippen molar-refractivity contribution in [3.05, 3.63) is 72.9 Å². The fourth-order valence-electron chi connectivity index (χ4n) is 10.3. The largest absolute Gasteiger partial charge is 0.472 e. The maximum atomic E-state index is 13.1. The number of allylic oxidation sites excluding steroid dienone is 12. The van der Waals surface area contributed by atoms with E-state index in [-0.39, 0.29) is 25.7 Å². The molecule has 0 aromatic heterocycles. The molecule has 5 unspecified atom stereocenters. The van der Waals surface area contributed by atoms with Gasteiger partial charge in [0.05, 0.1) is 26.4 Å². The van der Waals surface area contributed by atoms with Gasteiger partial charge in [-0.2, -0.15) is 0 Å². The molecule has 0 rings (SSSR count). The topological polar surface area (TPSA) is 237 Å². The van der Waals surface area contributed by atoms with Crippen LogP contribution in [0.15, 0.2) is 72.9 Å². The van der Waals surface area contributed by atoms with E-state index in [9.17, 15) is 43.2 Å². The summed E-state index contributed by atoms with van der Waals surface area (Å²) in [6.07, 6.45) is 68.9. The van der Waals surface area contributed by atoms with Gasteiger partial charge in [-0.25, -0.2) is 9.13 Å². The molecule has 3 N–H and O–H groups in total. The first-order valence-electron chi connectivity index (χ1n) is 38.2. The number of ether oxygens (including phenoxy) is 4. The third-order valence-electron chi connectivity index (χ3n) is 16.2. The van der Waals surface area contributed by atoms with Crippen LogP contribution in [-0.4, -0.2) is 96.7 Å². The molecule has 17 nitrogen and oxygen atoms in total. The van der Waals surface area contributed by atoms with Crippen LogP contribution in [0.5, 0.6) is 0 Å². The fraction of sp³-hybridized carbons (Fsp3) is 0.792. The molecule has 0 saturated heterocycles. The lowest BCUT2D eigenvalue weighted by atomic mass is 10.1. The first kappa shape index (κ1) is 92.5. The van der Waals surface area contributed by atoms with Crippen LogP contribution < -0.4 is 0 Å². The highest BCUT2D eigenvalue weighted by Gasteiger charge is 2.30. The molecular weight excluding hydrogens is 1260 g/mol. The van der Waals surface area contributed by atoms with Crippen molar-refractivity contribution in [3.63, 3.8) is 0 Å². The summed E-state index contributed by atoms with van der Waals surface area (Å²) < 4.78 is 68.4. The van der Waals surface area contributed by atoms with Crippen LogP contribution in [0, 0.1) is 0 Å². The van der Waals surface area contributed by atoms with Crippen LogP contribution in [0.2, 0.25) is 0 Å². The van der Waals surface area contributed by atoms with Gasteiger partial charge >= 0.3 is 39.5 Å². The Morgan fingerprint density at radius 3 is 0.865 bits per heavy atom. The molecule has 19 heteroatoms. The number of hydrogen-bond acceptors (Lipinski definition) is 15. The Bertz CT molecular complexity index is 2110. The number of phosphoric acid groups is 2. The molecule has 0 aliphatic heterocycles. The Morgan fingerprint density at radius 1 is 0.302 bits per heavy atom. The van der Waals surface area contributed by atoms with Gasteiger partial charge in [0.15, 0.2) is 12.2 Å². The van der Waals surface area contributed by atoms with Gasteiger partial charge in [0, 0.05) is 25.7 Å². The Balaban J connectivity index is 5.33. The Kier molecular flexibility index (Phi) is 67.4. The van der Waals surface area contributed by atoms with E-state index >= 15 is 0 Å². The summed E-state index contributed by atoms with van der Waals surface area (Å²) in [6.45, 7) is 4.72. The number of unbranched alkanes of at least 4 members (excludes halogenated alkanes) is 34. The summed E-state index contributed by atoms with van der Waals surface area (Å²) in [5.41, 5.74) is 0. The summed E-state index contributed by atoms with van der Waals surface area (Å²) in [5.74, 6) is -2.19. The first-order valence-corrected chi connectivity index (χ1v) is 41.2. The van der Waals surface area contributed by atoms with E-state index in [0.717, 1.165) is 161 Å². The normalized spacial score (nSPS) is 14.4. The highest BCUT2D eigenvalue weighted by Crippen LogP contribution is 2.45. The zero-order valence-electron chi connectivity index (χ0n) is 60.8. The molecule has 0 aromatic rings. The van der Waals surface area contributed by atoms with Crippen LogP contribution in [0.25, 0.3) is 0 Å². The van der Waals surface area contributed by atoms with Crippen LogP contribution in [0.3, 0.4) is 0 Å². The van der Waals surface area contributed by atoms with Gasteiger partial charge in [-0.05, 0) is 116 Å². The average Bonchev–Trinajstić information content (AvgIpc) is 1.11. The van der Waals surface area contributed by atoms with Gasteiger partial charge in [-0.3, -0.25) is 37.3 Å². The van der Waals surface area contributed by atoms with E-state index in [1.165, 1.54) is 96.3 Å². The van der Waals surface area contributed by atoms with Crippen molar-refractivity contribution in [2.45, 2.75) is 354 Å². The Morgan fingerprint density at radius 2 is 0.542 bits per heavy atom. The fourth-order valence-corrected chi connectivity index (χ4v) is 11.9. The average molecular weight is 1400 g/mol. The molecule has 96 heavy (non-hydrogen) atoms. The van der Waals surface area contributed by atoms with Crippen LogP contribution >= 0.6 is 15.6 Å². The van der Waals surface area contributed by atoms with Gasteiger partial charge in [0.25, 0.3) is 0 Å². The third-order valence-corrected chi connectivity index (χ3v) is 18.1. The van der Waals surface area contributed by atoms with E-state index in [1.807, 2.05) is 0 Å². The number of phosphoric ester groups is 2. The van der Waals surface area contributed by atoms with Gasteiger partial charge in [0.1, 0.15) is 19.3 Å². The second-order valence-corrected chi connectivity index (χ2v) is 28.5. The third kappa shape index (κ3) is 69.0. The van der Waals surface area contributed by atoms with Crippen LogP contribution in [-0.2, 0) is 65.4 Å². The SMILES string of the molecule is CC/C=C\C/C=C\C/C=C\CCCCCCCC(=O)OCC(COP(=O)(O)OCC(O)COP(=O)(O)OCC(COC(=O)CCCCCCC/C=C\C/C=C\CCCCC)OC(=O)CCCCCCC/C=C\CCCCCCCC)OC(=O)CCCCCCCCCCCCC. The number of aliphatic hydroxyl groups is 1. The van der Waals surface area contributed by atoms with E-state index < -0.39 is 97.5 Å². The highest BCUT2D eigenvalue weighted by atomic mass is 31.2. The van der Waals surface area contributed by atoms with Gasteiger partial charge in [-0.1, -0.05) is 268 Å². The summed E-state index contributed by atoms with van der Waals surface area (Å²) in [6, 6.07) is 0. The second kappa shape index (κ2) is 70.0.